The summed E-state index contributed by atoms with van der Waals surface area (Å²) in [6.45, 7) is 5.90. The monoisotopic (exact) mass is 560 g/mol. The summed E-state index contributed by atoms with van der Waals surface area (Å²) in [4.78, 5) is 38.5. The molecule has 2 amide bonds. The number of alkyl halides is 6. The summed E-state index contributed by atoms with van der Waals surface area (Å²) in [6.07, 6.45) is -13.6. The van der Waals surface area contributed by atoms with Crippen LogP contribution in [0.25, 0.3) is 0 Å². The van der Waals surface area contributed by atoms with Gasteiger partial charge in [0.1, 0.15) is 11.2 Å². The van der Waals surface area contributed by atoms with Crippen molar-refractivity contribution in [3.05, 3.63) is 17.3 Å². The van der Waals surface area contributed by atoms with Crippen molar-refractivity contribution in [2.45, 2.75) is 89.5 Å². The Morgan fingerprint density at radius 2 is 1.74 bits per heavy atom. The van der Waals surface area contributed by atoms with Crippen molar-refractivity contribution in [2.75, 3.05) is 5.32 Å². The molecule has 0 spiro atoms. The Balaban J connectivity index is 3.06. The van der Waals surface area contributed by atoms with Gasteiger partial charge in [-0.3, -0.25) is 20.3 Å². The van der Waals surface area contributed by atoms with E-state index in [0.717, 1.165) is 0 Å². The lowest BCUT2D eigenvalue weighted by Crippen LogP contribution is -2.46. The number of carbonyl (C=O) groups is 3. The number of halogens is 6. The molecule has 1 aromatic rings. The molecule has 0 aliphatic rings. The number of rotatable bonds is 11. The van der Waals surface area contributed by atoms with Crippen molar-refractivity contribution >= 4 is 24.0 Å². The van der Waals surface area contributed by atoms with Crippen LogP contribution in [0.1, 0.15) is 75.9 Å². The number of amides is 2. The van der Waals surface area contributed by atoms with Crippen LogP contribution in [-0.4, -0.2) is 51.9 Å². The minimum Gasteiger partial charge on any atom is -0.474 e. The first-order valence-electron chi connectivity index (χ1n) is 11.3. The minimum atomic E-state index is -5.14. The molecular formula is C22H30F6N4O6. The number of nitrogen functional groups attached to an aromatic ring is 1. The van der Waals surface area contributed by atoms with E-state index in [1.54, 1.807) is 5.43 Å². The van der Waals surface area contributed by atoms with Gasteiger partial charge >= 0.3 is 18.4 Å². The molecule has 0 saturated carbocycles. The van der Waals surface area contributed by atoms with Crippen molar-refractivity contribution in [1.82, 2.24) is 10.4 Å². The summed E-state index contributed by atoms with van der Waals surface area (Å²) < 4.78 is 89.8. The van der Waals surface area contributed by atoms with Crippen molar-refractivity contribution < 1.29 is 55.3 Å². The fourth-order valence-corrected chi connectivity index (χ4v) is 3.06. The van der Waals surface area contributed by atoms with E-state index in [1.807, 2.05) is 5.32 Å². The molecule has 0 aliphatic heterocycles. The fraction of sp³-hybridized carbons (Fsp3) is 0.636. The number of pyridine rings is 1. The van der Waals surface area contributed by atoms with E-state index >= 15 is 0 Å². The Morgan fingerprint density at radius 3 is 2.21 bits per heavy atom. The number of hydrogen-bond acceptors (Lipinski definition) is 8. The molecule has 38 heavy (non-hydrogen) atoms. The smallest absolute Gasteiger partial charge is 0.424 e. The lowest BCUT2D eigenvalue weighted by molar-refractivity contribution is -0.246. The minimum absolute atomic E-state index is 0.0564. The number of anilines is 1. The van der Waals surface area contributed by atoms with Crippen LogP contribution < -0.4 is 21.3 Å². The molecule has 0 saturated heterocycles. The van der Waals surface area contributed by atoms with Gasteiger partial charge in [-0.05, 0) is 59.4 Å². The van der Waals surface area contributed by atoms with E-state index in [2.05, 4.69) is 4.98 Å². The first-order valence-corrected chi connectivity index (χ1v) is 11.3. The van der Waals surface area contributed by atoms with Gasteiger partial charge in [-0.25, -0.2) is 15.6 Å². The van der Waals surface area contributed by atoms with E-state index in [-0.39, 0.29) is 25.7 Å². The van der Waals surface area contributed by atoms with Crippen LogP contribution >= 0.6 is 0 Å². The molecule has 0 radical (unpaired) electrons. The first kappa shape index (κ1) is 32.9. The molecule has 1 heterocycles. The second-order valence-electron chi connectivity index (χ2n) is 9.40. The number of aromatic nitrogens is 1. The maximum absolute atomic E-state index is 13.8. The van der Waals surface area contributed by atoms with Crippen LogP contribution in [0.4, 0.5) is 36.8 Å². The summed E-state index contributed by atoms with van der Waals surface area (Å²) in [6, 6.07) is 0.431. The van der Waals surface area contributed by atoms with E-state index in [0.29, 0.717) is 6.07 Å². The first-order chi connectivity index (χ1) is 17.2. The third-order valence-electron chi connectivity index (χ3n) is 4.94. The SMILES string of the molecule is C[C@H](CCCCC[C@@](O)(C=O)C(F)(F)F)Oc1nc(C(=O)NN)c(NC(=O)OC(C)(C)C)cc1C(F)(F)F. The maximum atomic E-state index is 13.8. The summed E-state index contributed by atoms with van der Waals surface area (Å²) in [7, 11) is 0. The van der Waals surface area contributed by atoms with Gasteiger partial charge in [-0.1, -0.05) is 6.42 Å². The van der Waals surface area contributed by atoms with Gasteiger partial charge in [0.15, 0.2) is 12.0 Å². The van der Waals surface area contributed by atoms with E-state index in [4.69, 9.17) is 15.3 Å². The van der Waals surface area contributed by atoms with Crippen molar-refractivity contribution in [3.8, 4) is 5.88 Å². The number of unbranched alkanes of at least 4 members (excludes halogenated alkanes) is 2. The Morgan fingerprint density at radius 1 is 1.13 bits per heavy atom. The van der Waals surface area contributed by atoms with Crippen molar-refractivity contribution in [2.24, 2.45) is 5.84 Å². The molecule has 1 rings (SSSR count). The zero-order valence-electron chi connectivity index (χ0n) is 21.0. The van der Waals surface area contributed by atoms with E-state index in [9.17, 15) is 45.8 Å². The second kappa shape index (κ2) is 12.6. The number of aliphatic hydroxyl groups is 1. The molecule has 5 N–H and O–H groups in total. The Bertz CT molecular complexity index is 996. The third-order valence-corrected chi connectivity index (χ3v) is 4.94. The average Bonchev–Trinajstić information content (AvgIpc) is 2.75. The second-order valence-corrected chi connectivity index (χ2v) is 9.40. The van der Waals surface area contributed by atoms with E-state index < -0.39 is 77.2 Å². The van der Waals surface area contributed by atoms with Gasteiger partial charge in [-0.15, -0.1) is 0 Å². The molecule has 0 unspecified atom stereocenters. The molecule has 0 aliphatic carbocycles. The van der Waals surface area contributed by atoms with Crippen molar-refractivity contribution in [1.29, 1.82) is 0 Å². The molecule has 10 nitrogen and oxygen atoms in total. The largest absolute Gasteiger partial charge is 0.474 e. The van der Waals surface area contributed by atoms with Gasteiger partial charge < -0.3 is 14.6 Å². The van der Waals surface area contributed by atoms with Gasteiger partial charge in [0.25, 0.3) is 5.91 Å². The number of carbonyl (C=O) groups excluding carboxylic acids is 3. The molecule has 0 aromatic carbocycles. The van der Waals surface area contributed by atoms with Crippen LogP contribution in [0.3, 0.4) is 0 Å². The molecule has 0 fully saturated rings. The fourth-order valence-electron chi connectivity index (χ4n) is 3.06. The maximum Gasteiger partial charge on any atom is 0.424 e. The highest BCUT2D eigenvalue weighted by atomic mass is 19.4. The zero-order valence-corrected chi connectivity index (χ0v) is 21.0. The Hall–Kier alpha value is -3.14. The number of nitrogens with two attached hydrogens (primary N) is 1. The quantitative estimate of drug-likeness (QED) is 0.0782. The van der Waals surface area contributed by atoms with Gasteiger partial charge in [0, 0.05) is 0 Å². The average molecular weight is 560 g/mol. The Labute approximate surface area is 214 Å². The molecule has 216 valence electrons. The molecule has 16 heteroatoms. The summed E-state index contributed by atoms with van der Waals surface area (Å²) in [5.41, 5.74) is -5.55. The van der Waals surface area contributed by atoms with Gasteiger partial charge in [-0.2, -0.15) is 26.3 Å². The van der Waals surface area contributed by atoms with Gasteiger partial charge in [0.05, 0.1) is 11.8 Å². The van der Waals surface area contributed by atoms with Crippen LogP contribution in [0.15, 0.2) is 6.07 Å². The van der Waals surface area contributed by atoms with Crippen LogP contribution in [-0.2, 0) is 15.7 Å². The highest BCUT2D eigenvalue weighted by Gasteiger charge is 2.53. The predicted octanol–water partition coefficient (Wildman–Crippen LogP) is 4.26. The molecule has 2 atom stereocenters. The van der Waals surface area contributed by atoms with Crippen LogP contribution in [0, 0.1) is 0 Å². The van der Waals surface area contributed by atoms with E-state index in [1.165, 1.54) is 27.7 Å². The number of nitrogens with one attached hydrogen (secondary N) is 2. The molecular weight excluding hydrogens is 530 g/mol. The number of nitrogens with zero attached hydrogens (tertiary/aromatic N) is 1. The van der Waals surface area contributed by atoms with Crippen LogP contribution in [0.5, 0.6) is 5.88 Å². The number of ether oxygens (including phenoxy) is 2. The number of hydrazine groups is 1. The predicted molar refractivity (Wildman–Crippen MR) is 121 cm³/mol. The summed E-state index contributed by atoms with van der Waals surface area (Å²) in [5.74, 6) is 2.95. The lowest BCUT2D eigenvalue weighted by Gasteiger charge is -2.24. The molecule has 1 aromatic heterocycles. The number of aldehydes is 1. The normalized spacial score (nSPS) is 14.7. The zero-order chi connectivity index (χ0) is 29.5. The Kier molecular flexibility index (Phi) is 10.9. The van der Waals surface area contributed by atoms with Gasteiger partial charge in [0.2, 0.25) is 11.5 Å². The third kappa shape index (κ3) is 9.63. The highest BCUT2D eigenvalue weighted by Crippen LogP contribution is 2.39. The van der Waals surface area contributed by atoms with Crippen molar-refractivity contribution in [3.63, 3.8) is 0 Å². The van der Waals surface area contributed by atoms with Crippen LogP contribution in [0.2, 0.25) is 0 Å². The summed E-state index contributed by atoms with van der Waals surface area (Å²) in [5, 5.41) is 11.4. The highest BCUT2D eigenvalue weighted by molar-refractivity contribution is 6.01. The topological polar surface area (TPSA) is 153 Å². The standard InChI is InChI=1S/C22H30F6N4O6/c1-12(8-6-5-7-9-20(36,11-33)22(26,27)28)37-17-13(21(23,24)25)10-14(15(31-17)16(34)32-29)30-18(35)38-19(2,3)4/h10-12,36H,5-9,29H2,1-4H3,(H,30,35)(H,32,34)/t12-,20-/m1/s1. The lowest BCUT2D eigenvalue weighted by atomic mass is 9.96. The number of hydrogen-bond donors (Lipinski definition) is 4. The molecule has 0 bridgehead atoms. The summed E-state index contributed by atoms with van der Waals surface area (Å²) >= 11 is 0.